The maximum Gasteiger partial charge on any atom is 0.435 e. The normalized spacial score (nSPS) is 11.7. The van der Waals surface area contributed by atoms with E-state index in [1.54, 1.807) is 0 Å². The molecule has 0 spiro atoms. The first kappa shape index (κ1) is 15.4. The summed E-state index contributed by atoms with van der Waals surface area (Å²) >= 11 is 2.91. The fourth-order valence-electron chi connectivity index (χ4n) is 1.68. The van der Waals surface area contributed by atoms with Crippen molar-refractivity contribution in [3.8, 4) is 0 Å². The molecule has 2 rings (SSSR count). The van der Waals surface area contributed by atoms with Crippen LogP contribution in [0, 0.1) is 5.82 Å². The zero-order valence-electron chi connectivity index (χ0n) is 10.0. The molecule has 1 aromatic carbocycles. The molecular formula is C11H6BrF4N3O2. The largest absolute Gasteiger partial charge is 0.476 e. The van der Waals surface area contributed by atoms with E-state index in [9.17, 15) is 22.4 Å². The molecule has 0 atom stereocenters. The minimum atomic E-state index is -4.95. The second-order valence-electron chi connectivity index (χ2n) is 3.96. The number of aromatic nitrogens is 3. The van der Waals surface area contributed by atoms with Crippen molar-refractivity contribution in [1.82, 2.24) is 15.0 Å². The van der Waals surface area contributed by atoms with Crippen molar-refractivity contribution in [2.24, 2.45) is 0 Å². The predicted octanol–water partition coefficient (Wildman–Crippen LogP) is 2.95. The fourth-order valence-corrected chi connectivity index (χ4v) is 2.07. The topological polar surface area (TPSA) is 68.0 Å². The van der Waals surface area contributed by atoms with Crippen LogP contribution in [0.3, 0.4) is 0 Å². The van der Waals surface area contributed by atoms with Crippen molar-refractivity contribution in [3.05, 3.63) is 45.4 Å². The van der Waals surface area contributed by atoms with Gasteiger partial charge in [-0.25, -0.2) is 13.9 Å². The third-order valence-corrected chi connectivity index (χ3v) is 3.45. The summed E-state index contributed by atoms with van der Waals surface area (Å²) in [6.45, 7) is -0.479. The van der Waals surface area contributed by atoms with Gasteiger partial charge >= 0.3 is 12.1 Å². The van der Waals surface area contributed by atoms with Crippen molar-refractivity contribution in [1.29, 1.82) is 0 Å². The van der Waals surface area contributed by atoms with Crippen molar-refractivity contribution in [2.45, 2.75) is 12.7 Å². The maximum atomic E-state index is 13.3. The molecule has 2 aromatic rings. The molecule has 0 radical (unpaired) electrons. The molecule has 0 aliphatic carbocycles. The summed E-state index contributed by atoms with van der Waals surface area (Å²) < 4.78 is 52.5. The molecule has 112 valence electrons. The van der Waals surface area contributed by atoms with Gasteiger partial charge in [0, 0.05) is 0 Å². The van der Waals surface area contributed by atoms with Gasteiger partial charge in [-0.3, -0.25) is 0 Å². The Morgan fingerprint density at radius 3 is 2.62 bits per heavy atom. The third kappa shape index (κ3) is 3.04. The van der Waals surface area contributed by atoms with Gasteiger partial charge in [-0.15, -0.1) is 5.10 Å². The molecule has 0 unspecified atom stereocenters. The Balaban J connectivity index is 2.50. The molecule has 0 saturated heterocycles. The first-order chi connectivity index (χ1) is 9.71. The number of benzene rings is 1. The van der Waals surface area contributed by atoms with Gasteiger partial charge in [0.25, 0.3) is 0 Å². The van der Waals surface area contributed by atoms with Crippen LogP contribution in [-0.2, 0) is 12.7 Å². The van der Waals surface area contributed by atoms with Crippen molar-refractivity contribution in [2.75, 3.05) is 0 Å². The molecule has 0 aliphatic rings. The minimum Gasteiger partial charge on any atom is -0.476 e. The first-order valence-electron chi connectivity index (χ1n) is 5.38. The van der Waals surface area contributed by atoms with Gasteiger partial charge in [0.2, 0.25) is 5.69 Å². The van der Waals surface area contributed by atoms with E-state index in [-0.39, 0.29) is 10.0 Å². The number of carboxylic acids is 1. The number of carboxylic acid groups (broad SMARTS) is 1. The van der Waals surface area contributed by atoms with E-state index in [0.29, 0.717) is 4.68 Å². The quantitative estimate of drug-likeness (QED) is 0.846. The Morgan fingerprint density at radius 2 is 2.05 bits per heavy atom. The van der Waals surface area contributed by atoms with Gasteiger partial charge in [-0.1, -0.05) is 17.3 Å². The standard InChI is InChI=1S/C11H6BrF4N3O2/c12-7-5(2-1-3-6(7)13)4-19-9(11(14,15)16)8(10(20)21)17-18-19/h1-3H,4H2,(H,20,21). The monoisotopic (exact) mass is 367 g/mol. The Kier molecular flexibility index (Phi) is 3.99. The lowest BCUT2D eigenvalue weighted by atomic mass is 10.2. The first-order valence-corrected chi connectivity index (χ1v) is 6.18. The molecule has 0 saturated carbocycles. The molecule has 1 N–H and O–H groups in total. The number of carbonyl (C=O) groups is 1. The Morgan fingerprint density at radius 1 is 1.38 bits per heavy atom. The number of alkyl halides is 3. The SMILES string of the molecule is O=C(O)c1nnn(Cc2cccc(F)c2Br)c1C(F)(F)F. The molecule has 0 bridgehead atoms. The molecule has 0 amide bonds. The van der Waals surface area contributed by atoms with Gasteiger partial charge in [0.15, 0.2) is 5.69 Å². The molecule has 0 fully saturated rings. The summed E-state index contributed by atoms with van der Waals surface area (Å²) in [5, 5.41) is 14.9. The molecule has 10 heteroatoms. The summed E-state index contributed by atoms with van der Waals surface area (Å²) in [5.74, 6) is -2.49. The highest BCUT2D eigenvalue weighted by atomic mass is 79.9. The van der Waals surface area contributed by atoms with E-state index in [1.165, 1.54) is 12.1 Å². The van der Waals surface area contributed by atoms with Crippen molar-refractivity contribution >= 4 is 21.9 Å². The number of hydrogen-bond donors (Lipinski definition) is 1. The lowest BCUT2D eigenvalue weighted by Gasteiger charge is -2.11. The summed E-state index contributed by atoms with van der Waals surface area (Å²) in [5.41, 5.74) is -2.52. The van der Waals surface area contributed by atoms with Crippen LogP contribution in [0.4, 0.5) is 17.6 Å². The molecule has 21 heavy (non-hydrogen) atoms. The number of aromatic carboxylic acids is 1. The van der Waals surface area contributed by atoms with Gasteiger partial charge < -0.3 is 5.11 Å². The van der Waals surface area contributed by atoms with E-state index in [1.807, 2.05) is 0 Å². The molecule has 0 aliphatic heterocycles. The summed E-state index contributed by atoms with van der Waals surface area (Å²) in [4.78, 5) is 10.8. The number of rotatable bonds is 3. The van der Waals surface area contributed by atoms with Crippen LogP contribution in [0.15, 0.2) is 22.7 Å². The Labute approximate surface area is 123 Å². The molecule has 1 heterocycles. The zero-order chi connectivity index (χ0) is 15.8. The number of nitrogens with zero attached hydrogens (tertiary/aromatic N) is 3. The second-order valence-corrected chi connectivity index (χ2v) is 4.75. The highest BCUT2D eigenvalue weighted by Gasteiger charge is 2.41. The van der Waals surface area contributed by atoms with Gasteiger partial charge in [-0.05, 0) is 27.6 Å². The molecule has 1 aromatic heterocycles. The lowest BCUT2D eigenvalue weighted by molar-refractivity contribution is -0.144. The predicted molar refractivity (Wildman–Crippen MR) is 65.2 cm³/mol. The average Bonchev–Trinajstić information content (AvgIpc) is 2.79. The van der Waals surface area contributed by atoms with E-state index in [2.05, 4.69) is 26.2 Å². The van der Waals surface area contributed by atoms with E-state index >= 15 is 0 Å². The average molecular weight is 368 g/mol. The third-order valence-electron chi connectivity index (χ3n) is 2.56. The maximum absolute atomic E-state index is 13.3. The fraction of sp³-hybridized carbons (Fsp3) is 0.182. The van der Waals surface area contributed by atoms with Gasteiger partial charge in [0.1, 0.15) is 5.82 Å². The Hall–Kier alpha value is -1.97. The van der Waals surface area contributed by atoms with E-state index < -0.39 is 35.9 Å². The summed E-state index contributed by atoms with van der Waals surface area (Å²) in [7, 11) is 0. The summed E-state index contributed by atoms with van der Waals surface area (Å²) in [6.07, 6.45) is -4.95. The van der Waals surface area contributed by atoms with E-state index in [0.717, 1.165) is 6.07 Å². The van der Waals surface area contributed by atoms with Gasteiger partial charge in [-0.2, -0.15) is 13.2 Å². The number of hydrogen-bond acceptors (Lipinski definition) is 3. The highest BCUT2D eigenvalue weighted by Crippen LogP contribution is 2.32. The minimum absolute atomic E-state index is 0.0227. The molecular weight excluding hydrogens is 362 g/mol. The zero-order valence-corrected chi connectivity index (χ0v) is 11.6. The van der Waals surface area contributed by atoms with Crippen LogP contribution < -0.4 is 0 Å². The second kappa shape index (κ2) is 5.43. The van der Waals surface area contributed by atoms with Crippen LogP contribution in [-0.4, -0.2) is 26.1 Å². The van der Waals surface area contributed by atoms with Crippen LogP contribution >= 0.6 is 15.9 Å². The van der Waals surface area contributed by atoms with E-state index in [4.69, 9.17) is 5.11 Å². The molecule has 5 nitrogen and oxygen atoms in total. The Bertz CT molecular complexity index is 699. The van der Waals surface area contributed by atoms with Crippen LogP contribution in [0.5, 0.6) is 0 Å². The smallest absolute Gasteiger partial charge is 0.435 e. The summed E-state index contributed by atoms with van der Waals surface area (Å²) in [6, 6.07) is 3.83. The van der Waals surface area contributed by atoms with Crippen LogP contribution in [0.1, 0.15) is 21.7 Å². The highest BCUT2D eigenvalue weighted by molar-refractivity contribution is 9.10. The van der Waals surface area contributed by atoms with Crippen molar-refractivity contribution < 1.29 is 27.5 Å². The van der Waals surface area contributed by atoms with Gasteiger partial charge in [0.05, 0.1) is 11.0 Å². The van der Waals surface area contributed by atoms with Crippen LogP contribution in [0.2, 0.25) is 0 Å². The lowest BCUT2D eigenvalue weighted by Crippen LogP contribution is -2.19. The number of halogens is 5. The van der Waals surface area contributed by atoms with Crippen molar-refractivity contribution in [3.63, 3.8) is 0 Å². The van der Waals surface area contributed by atoms with Crippen LogP contribution in [0.25, 0.3) is 0 Å².